The molecular formula is C13H17ClO2. The van der Waals surface area contributed by atoms with Gasteiger partial charge in [-0.1, -0.05) is 17.7 Å². The third-order valence-electron chi connectivity index (χ3n) is 2.44. The first-order chi connectivity index (χ1) is 7.63. The van der Waals surface area contributed by atoms with Crippen molar-refractivity contribution in [3.63, 3.8) is 0 Å². The number of ether oxygens (including phenoxy) is 1. The minimum atomic E-state index is -0.117. The maximum absolute atomic E-state index is 11.1. The van der Waals surface area contributed by atoms with Crippen molar-refractivity contribution in [2.24, 2.45) is 0 Å². The highest BCUT2D eigenvalue weighted by atomic mass is 35.5. The van der Waals surface area contributed by atoms with Gasteiger partial charge in [-0.15, -0.1) is 0 Å². The lowest BCUT2D eigenvalue weighted by Crippen LogP contribution is -2.04. The van der Waals surface area contributed by atoms with Crippen LogP contribution in [0.15, 0.2) is 18.2 Å². The van der Waals surface area contributed by atoms with E-state index in [1.807, 2.05) is 32.0 Å². The Kier molecular flexibility index (Phi) is 5.33. The Labute approximate surface area is 102 Å². The first kappa shape index (κ1) is 13.0. The van der Waals surface area contributed by atoms with E-state index in [0.717, 1.165) is 17.9 Å². The summed E-state index contributed by atoms with van der Waals surface area (Å²) in [6.45, 7) is 4.31. The summed E-state index contributed by atoms with van der Waals surface area (Å²) in [5.41, 5.74) is 2.42. The molecule has 0 aliphatic carbocycles. The van der Waals surface area contributed by atoms with Crippen LogP contribution in [0.2, 0.25) is 5.02 Å². The highest BCUT2D eigenvalue weighted by Crippen LogP contribution is 2.17. The molecule has 0 saturated carbocycles. The zero-order chi connectivity index (χ0) is 12.0. The highest BCUT2D eigenvalue weighted by Gasteiger charge is 2.03. The maximum atomic E-state index is 11.1. The van der Waals surface area contributed by atoms with Gasteiger partial charge in [-0.25, -0.2) is 0 Å². The van der Waals surface area contributed by atoms with Crippen molar-refractivity contribution in [3.05, 3.63) is 34.3 Å². The number of hydrogen-bond acceptors (Lipinski definition) is 2. The SMILES string of the molecule is CCOC(=O)CCCc1ccc(Cl)cc1C. The molecule has 0 aliphatic rings. The maximum Gasteiger partial charge on any atom is 0.305 e. The van der Waals surface area contributed by atoms with Crippen LogP contribution in [-0.2, 0) is 16.0 Å². The molecule has 0 unspecified atom stereocenters. The Morgan fingerprint density at radius 1 is 1.44 bits per heavy atom. The van der Waals surface area contributed by atoms with E-state index in [1.165, 1.54) is 11.1 Å². The minimum absolute atomic E-state index is 0.117. The molecule has 0 radical (unpaired) electrons. The number of carbonyl (C=O) groups excluding carboxylic acids is 1. The van der Waals surface area contributed by atoms with Crippen LogP contribution >= 0.6 is 11.6 Å². The van der Waals surface area contributed by atoms with E-state index < -0.39 is 0 Å². The van der Waals surface area contributed by atoms with Gasteiger partial charge in [0.15, 0.2) is 0 Å². The van der Waals surface area contributed by atoms with Gasteiger partial charge in [-0.2, -0.15) is 0 Å². The second kappa shape index (κ2) is 6.54. The number of hydrogen-bond donors (Lipinski definition) is 0. The molecule has 0 amide bonds. The van der Waals surface area contributed by atoms with Crippen LogP contribution in [0.5, 0.6) is 0 Å². The molecule has 1 aromatic carbocycles. The molecule has 0 spiro atoms. The Balaban J connectivity index is 2.40. The summed E-state index contributed by atoms with van der Waals surface area (Å²) in [4.78, 5) is 11.1. The summed E-state index contributed by atoms with van der Waals surface area (Å²) < 4.78 is 4.87. The molecule has 1 rings (SSSR count). The number of benzene rings is 1. The van der Waals surface area contributed by atoms with E-state index in [2.05, 4.69) is 0 Å². The van der Waals surface area contributed by atoms with Crippen molar-refractivity contribution in [3.8, 4) is 0 Å². The van der Waals surface area contributed by atoms with Crippen molar-refractivity contribution >= 4 is 17.6 Å². The first-order valence-electron chi connectivity index (χ1n) is 5.54. The second-order valence-corrected chi connectivity index (χ2v) is 4.17. The molecule has 0 atom stereocenters. The lowest BCUT2D eigenvalue weighted by Gasteiger charge is -2.06. The normalized spacial score (nSPS) is 10.2. The Bertz CT molecular complexity index is 361. The van der Waals surface area contributed by atoms with Crippen molar-refractivity contribution in [1.29, 1.82) is 0 Å². The lowest BCUT2D eigenvalue weighted by molar-refractivity contribution is -0.143. The molecule has 0 fully saturated rings. The fraction of sp³-hybridized carbons (Fsp3) is 0.462. The molecule has 0 aliphatic heterocycles. The summed E-state index contributed by atoms with van der Waals surface area (Å²) in [6, 6.07) is 5.85. The van der Waals surface area contributed by atoms with Crippen LogP contribution in [0, 0.1) is 6.92 Å². The monoisotopic (exact) mass is 240 g/mol. The van der Waals surface area contributed by atoms with Gasteiger partial charge in [0, 0.05) is 11.4 Å². The van der Waals surface area contributed by atoms with Crippen molar-refractivity contribution in [2.45, 2.75) is 33.1 Å². The van der Waals surface area contributed by atoms with E-state index in [-0.39, 0.29) is 5.97 Å². The van der Waals surface area contributed by atoms with Crippen LogP contribution in [0.3, 0.4) is 0 Å². The predicted octanol–water partition coefficient (Wildman–Crippen LogP) is 3.53. The average Bonchev–Trinajstić information content (AvgIpc) is 2.22. The fourth-order valence-corrected chi connectivity index (χ4v) is 1.82. The van der Waals surface area contributed by atoms with E-state index in [4.69, 9.17) is 16.3 Å². The largest absolute Gasteiger partial charge is 0.466 e. The van der Waals surface area contributed by atoms with Crippen molar-refractivity contribution < 1.29 is 9.53 Å². The summed E-state index contributed by atoms with van der Waals surface area (Å²) in [7, 11) is 0. The summed E-state index contributed by atoms with van der Waals surface area (Å²) in [5, 5.41) is 0.756. The van der Waals surface area contributed by atoms with E-state index in [0.29, 0.717) is 13.0 Å². The Morgan fingerprint density at radius 2 is 2.19 bits per heavy atom. The quantitative estimate of drug-likeness (QED) is 0.736. The average molecular weight is 241 g/mol. The number of aryl methyl sites for hydroxylation is 2. The van der Waals surface area contributed by atoms with E-state index in [9.17, 15) is 4.79 Å². The van der Waals surface area contributed by atoms with Crippen LogP contribution in [0.4, 0.5) is 0 Å². The number of esters is 1. The van der Waals surface area contributed by atoms with E-state index >= 15 is 0 Å². The second-order valence-electron chi connectivity index (χ2n) is 3.73. The van der Waals surface area contributed by atoms with Gasteiger partial charge in [0.05, 0.1) is 6.61 Å². The summed E-state index contributed by atoms with van der Waals surface area (Å²) in [5.74, 6) is -0.117. The van der Waals surface area contributed by atoms with Gasteiger partial charge in [-0.05, 0) is 49.9 Å². The number of halogens is 1. The molecule has 0 saturated heterocycles. The third-order valence-corrected chi connectivity index (χ3v) is 2.67. The summed E-state index contributed by atoms with van der Waals surface area (Å²) >= 11 is 5.87. The molecule has 0 aromatic heterocycles. The molecule has 1 aromatic rings. The Hall–Kier alpha value is -1.02. The molecule has 16 heavy (non-hydrogen) atoms. The Morgan fingerprint density at radius 3 is 2.81 bits per heavy atom. The smallest absolute Gasteiger partial charge is 0.305 e. The first-order valence-corrected chi connectivity index (χ1v) is 5.92. The molecule has 0 N–H and O–H groups in total. The minimum Gasteiger partial charge on any atom is -0.466 e. The third kappa shape index (κ3) is 4.23. The van der Waals surface area contributed by atoms with E-state index in [1.54, 1.807) is 0 Å². The van der Waals surface area contributed by atoms with Gasteiger partial charge in [0.25, 0.3) is 0 Å². The van der Waals surface area contributed by atoms with Crippen LogP contribution < -0.4 is 0 Å². The molecule has 0 heterocycles. The zero-order valence-electron chi connectivity index (χ0n) is 9.75. The standard InChI is InChI=1S/C13H17ClO2/c1-3-16-13(15)6-4-5-11-7-8-12(14)9-10(11)2/h7-9H,3-6H2,1-2H3. The molecule has 0 bridgehead atoms. The zero-order valence-corrected chi connectivity index (χ0v) is 10.5. The summed E-state index contributed by atoms with van der Waals surface area (Å²) in [6.07, 6.45) is 2.19. The molecule has 2 nitrogen and oxygen atoms in total. The van der Waals surface area contributed by atoms with Gasteiger partial charge in [0.2, 0.25) is 0 Å². The molecule has 88 valence electrons. The fourth-order valence-electron chi connectivity index (χ4n) is 1.60. The number of carbonyl (C=O) groups is 1. The van der Waals surface area contributed by atoms with Gasteiger partial charge >= 0.3 is 5.97 Å². The topological polar surface area (TPSA) is 26.3 Å². The molecular weight excluding hydrogens is 224 g/mol. The van der Waals surface area contributed by atoms with Gasteiger partial charge < -0.3 is 4.74 Å². The highest BCUT2D eigenvalue weighted by molar-refractivity contribution is 6.30. The van der Waals surface area contributed by atoms with Gasteiger partial charge in [0.1, 0.15) is 0 Å². The predicted molar refractivity (Wildman–Crippen MR) is 65.8 cm³/mol. The van der Waals surface area contributed by atoms with Gasteiger partial charge in [-0.3, -0.25) is 4.79 Å². The number of rotatable bonds is 5. The van der Waals surface area contributed by atoms with Crippen LogP contribution in [0.1, 0.15) is 30.9 Å². The van der Waals surface area contributed by atoms with Crippen molar-refractivity contribution in [1.82, 2.24) is 0 Å². The van der Waals surface area contributed by atoms with Crippen LogP contribution in [-0.4, -0.2) is 12.6 Å². The molecule has 3 heteroatoms. The van der Waals surface area contributed by atoms with Crippen molar-refractivity contribution in [2.75, 3.05) is 6.61 Å². The lowest BCUT2D eigenvalue weighted by atomic mass is 10.0. The van der Waals surface area contributed by atoms with Crippen LogP contribution in [0.25, 0.3) is 0 Å².